The maximum Gasteiger partial charge on any atom is 0.315 e. The highest BCUT2D eigenvalue weighted by Crippen LogP contribution is 2.31. The molecule has 0 radical (unpaired) electrons. The van der Waals surface area contributed by atoms with Crippen LogP contribution in [-0.4, -0.2) is 55.1 Å². The molecule has 0 aromatic carbocycles. The van der Waals surface area contributed by atoms with E-state index in [9.17, 15) is 13.2 Å². The zero-order valence-electron chi connectivity index (χ0n) is 11.9. The normalized spacial score (nSPS) is 25.8. The molecule has 0 bridgehead atoms. The number of carbonyl (C=O) groups is 1. The lowest BCUT2D eigenvalue weighted by molar-refractivity contribution is -0.137. The third-order valence-corrected chi connectivity index (χ3v) is 7.73. The lowest BCUT2D eigenvalue weighted by atomic mass is 10.0. The number of thioether (sulfide) groups is 1. The van der Waals surface area contributed by atoms with Crippen LogP contribution in [0, 0.1) is 0 Å². The number of sulfonamides is 1. The van der Waals surface area contributed by atoms with Crippen molar-refractivity contribution in [2.45, 2.75) is 49.0 Å². The van der Waals surface area contributed by atoms with Gasteiger partial charge in [0.25, 0.3) is 0 Å². The highest BCUT2D eigenvalue weighted by molar-refractivity contribution is 8.00. The van der Waals surface area contributed by atoms with Gasteiger partial charge < -0.3 is 4.74 Å². The van der Waals surface area contributed by atoms with Gasteiger partial charge in [-0.1, -0.05) is 19.3 Å². The maximum absolute atomic E-state index is 12.6. The van der Waals surface area contributed by atoms with Gasteiger partial charge in [0.05, 0.1) is 18.1 Å². The van der Waals surface area contributed by atoms with Gasteiger partial charge in [-0.25, -0.2) is 12.7 Å². The van der Waals surface area contributed by atoms with Crippen LogP contribution in [0.5, 0.6) is 0 Å². The molecular formula is C13H23NO4S2. The molecule has 2 fully saturated rings. The fourth-order valence-electron chi connectivity index (χ4n) is 2.88. The molecule has 0 unspecified atom stereocenters. The van der Waals surface area contributed by atoms with Crippen molar-refractivity contribution in [1.29, 1.82) is 0 Å². The van der Waals surface area contributed by atoms with E-state index in [4.69, 9.17) is 0 Å². The van der Waals surface area contributed by atoms with Crippen molar-refractivity contribution in [1.82, 2.24) is 4.31 Å². The number of ether oxygens (including phenoxy) is 1. The van der Waals surface area contributed by atoms with Gasteiger partial charge in [0, 0.05) is 18.3 Å². The average molecular weight is 321 g/mol. The molecule has 0 spiro atoms. The smallest absolute Gasteiger partial charge is 0.315 e. The van der Waals surface area contributed by atoms with E-state index in [-0.39, 0.29) is 16.5 Å². The number of nitrogens with zero attached hydrogens (tertiary/aromatic N) is 1. The molecule has 20 heavy (non-hydrogen) atoms. The van der Waals surface area contributed by atoms with E-state index in [1.165, 1.54) is 18.9 Å². The van der Waals surface area contributed by atoms with Crippen molar-refractivity contribution in [2.75, 3.05) is 26.0 Å². The Bertz CT molecular complexity index is 432. The number of hydrogen-bond donors (Lipinski definition) is 0. The van der Waals surface area contributed by atoms with Gasteiger partial charge in [-0.3, -0.25) is 4.79 Å². The van der Waals surface area contributed by atoms with Gasteiger partial charge in [-0.05, 0) is 19.3 Å². The van der Waals surface area contributed by atoms with Crippen LogP contribution in [0.4, 0.5) is 0 Å². The van der Waals surface area contributed by atoms with E-state index in [0.29, 0.717) is 18.8 Å². The molecule has 1 saturated carbocycles. The van der Waals surface area contributed by atoms with Gasteiger partial charge in [0.15, 0.2) is 0 Å². The van der Waals surface area contributed by atoms with E-state index < -0.39 is 10.0 Å². The molecule has 1 aliphatic heterocycles. The highest BCUT2D eigenvalue weighted by Gasteiger charge is 2.37. The second-order valence-corrected chi connectivity index (χ2v) is 8.96. The van der Waals surface area contributed by atoms with Crippen LogP contribution in [0.25, 0.3) is 0 Å². The number of hydrogen-bond acceptors (Lipinski definition) is 5. The van der Waals surface area contributed by atoms with Crippen LogP contribution in [-0.2, 0) is 19.6 Å². The molecule has 1 atom stereocenters. The molecule has 0 aromatic heterocycles. The van der Waals surface area contributed by atoms with Crippen molar-refractivity contribution >= 4 is 27.8 Å². The molecule has 0 N–H and O–H groups in total. The first kappa shape index (κ1) is 16.1. The van der Waals surface area contributed by atoms with Crippen molar-refractivity contribution in [3.8, 4) is 0 Å². The quantitative estimate of drug-likeness (QED) is 0.720. The third kappa shape index (κ3) is 3.89. The second-order valence-electron chi connectivity index (χ2n) is 5.46. The first-order chi connectivity index (χ1) is 9.54. The van der Waals surface area contributed by atoms with Gasteiger partial charge in [-0.2, -0.15) is 0 Å². The molecule has 1 aliphatic carbocycles. The van der Waals surface area contributed by atoms with Crippen LogP contribution in [0.15, 0.2) is 0 Å². The Hall–Kier alpha value is -0.270. The fourth-order valence-corrected chi connectivity index (χ4v) is 6.12. The maximum atomic E-state index is 12.6. The Morgan fingerprint density at radius 3 is 2.60 bits per heavy atom. The zero-order valence-corrected chi connectivity index (χ0v) is 13.5. The number of carbonyl (C=O) groups excluding carboxylic acids is 1. The minimum atomic E-state index is -3.13. The summed E-state index contributed by atoms with van der Waals surface area (Å²) in [5, 5.41) is 0.0353. The summed E-state index contributed by atoms with van der Waals surface area (Å²) in [5.41, 5.74) is 0. The fraction of sp³-hybridized carbons (Fsp3) is 0.923. The van der Waals surface area contributed by atoms with Gasteiger partial charge in [0.1, 0.15) is 0 Å². The Morgan fingerprint density at radius 2 is 1.95 bits per heavy atom. The molecule has 2 rings (SSSR count). The number of methoxy groups -OCH3 is 1. The minimum absolute atomic E-state index is 0.180. The monoisotopic (exact) mass is 321 g/mol. The Morgan fingerprint density at radius 1 is 1.25 bits per heavy atom. The lowest BCUT2D eigenvalue weighted by Crippen LogP contribution is -2.38. The Labute approximate surface area is 125 Å². The molecule has 2 aliphatic rings. The highest BCUT2D eigenvalue weighted by atomic mass is 32.2. The summed E-state index contributed by atoms with van der Waals surface area (Å²) >= 11 is 1.50. The van der Waals surface area contributed by atoms with Gasteiger partial charge >= 0.3 is 5.97 Å². The zero-order chi connectivity index (χ0) is 14.6. The lowest BCUT2D eigenvalue weighted by Gasteiger charge is -2.26. The summed E-state index contributed by atoms with van der Waals surface area (Å²) in [6, 6.07) is 0. The topological polar surface area (TPSA) is 63.7 Å². The van der Waals surface area contributed by atoms with Crippen LogP contribution < -0.4 is 0 Å². The molecule has 1 saturated heterocycles. The predicted octanol–water partition coefficient (Wildman–Crippen LogP) is 1.63. The SMILES string of the molecule is COC(=O)CS[C@H]1CCN(S(=O)(=O)C2CCCCC2)C1. The standard InChI is InChI=1S/C13H23NO4S2/c1-18-13(15)10-19-11-7-8-14(9-11)20(16,17)12-5-3-2-4-6-12/h11-12H,2-10H2,1H3/t11-/m0/s1. The summed E-state index contributed by atoms with van der Waals surface area (Å²) in [4.78, 5) is 11.1. The van der Waals surface area contributed by atoms with Crippen molar-refractivity contribution in [3.05, 3.63) is 0 Å². The van der Waals surface area contributed by atoms with Crippen LogP contribution in [0.2, 0.25) is 0 Å². The van der Waals surface area contributed by atoms with Crippen molar-refractivity contribution < 1.29 is 17.9 Å². The predicted molar refractivity (Wildman–Crippen MR) is 80.2 cm³/mol. The molecule has 7 heteroatoms. The summed E-state index contributed by atoms with van der Waals surface area (Å²) in [6.07, 6.45) is 5.64. The molecule has 116 valence electrons. The van der Waals surface area contributed by atoms with Crippen LogP contribution in [0.1, 0.15) is 38.5 Å². The van der Waals surface area contributed by atoms with E-state index in [1.54, 1.807) is 4.31 Å². The summed E-state index contributed by atoms with van der Waals surface area (Å²) in [6.45, 7) is 1.14. The molecule has 0 aromatic rings. The number of rotatable bonds is 5. The van der Waals surface area contributed by atoms with Gasteiger partial charge in [0.2, 0.25) is 10.0 Å². The van der Waals surface area contributed by atoms with E-state index in [0.717, 1.165) is 38.5 Å². The van der Waals surface area contributed by atoms with Gasteiger partial charge in [-0.15, -0.1) is 11.8 Å². The van der Waals surface area contributed by atoms with E-state index in [1.807, 2.05) is 0 Å². The minimum Gasteiger partial charge on any atom is -0.468 e. The average Bonchev–Trinajstić information content (AvgIpc) is 2.95. The molecular weight excluding hydrogens is 298 g/mol. The van der Waals surface area contributed by atoms with Crippen LogP contribution in [0.3, 0.4) is 0 Å². The third-order valence-electron chi connectivity index (χ3n) is 4.11. The molecule has 1 heterocycles. The van der Waals surface area contributed by atoms with Crippen LogP contribution >= 0.6 is 11.8 Å². The van der Waals surface area contributed by atoms with Crippen molar-refractivity contribution in [2.24, 2.45) is 0 Å². The summed E-state index contributed by atoms with van der Waals surface area (Å²) in [7, 11) is -1.76. The van der Waals surface area contributed by atoms with E-state index >= 15 is 0 Å². The molecule has 0 amide bonds. The summed E-state index contributed by atoms with van der Waals surface area (Å²) in [5.74, 6) is 0.0574. The molecule has 5 nitrogen and oxygen atoms in total. The van der Waals surface area contributed by atoms with E-state index in [2.05, 4.69) is 4.74 Å². The first-order valence-corrected chi connectivity index (χ1v) is 9.76. The largest absolute Gasteiger partial charge is 0.468 e. The number of esters is 1. The summed E-state index contributed by atoms with van der Waals surface area (Å²) < 4.78 is 31.4. The van der Waals surface area contributed by atoms with Crippen molar-refractivity contribution in [3.63, 3.8) is 0 Å². The first-order valence-electron chi connectivity index (χ1n) is 7.21. The Kier molecular flexibility index (Phi) is 5.74. The second kappa shape index (κ2) is 7.13. The Balaban J connectivity index is 1.86.